The van der Waals surface area contributed by atoms with E-state index in [0.29, 0.717) is 12.3 Å². The maximum atomic E-state index is 11.0. The summed E-state index contributed by atoms with van der Waals surface area (Å²) in [4.78, 5) is 11.0. The van der Waals surface area contributed by atoms with Gasteiger partial charge in [0.15, 0.2) is 0 Å². The van der Waals surface area contributed by atoms with Crippen molar-refractivity contribution in [1.82, 2.24) is 0 Å². The number of carboxylic acid groups (broad SMARTS) is 1. The molecule has 0 fully saturated rings. The van der Waals surface area contributed by atoms with Crippen LogP contribution in [-0.4, -0.2) is 24.3 Å². The Morgan fingerprint density at radius 1 is 1.30 bits per heavy atom. The maximum Gasteiger partial charge on any atom is 0.307 e. The molecule has 27 heavy (non-hydrogen) atoms. The van der Waals surface area contributed by atoms with Crippen LogP contribution in [0.4, 0.5) is 0 Å². The summed E-state index contributed by atoms with van der Waals surface area (Å²) in [7, 11) is 1.67. The molecule has 0 radical (unpaired) electrons. The van der Waals surface area contributed by atoms with E-state index in [1.807, 2.05) is 38.1 Å². The van der Waals surface area contributed by atoms with Gasteiger partial charge in [-0.25, -0.2) is 0 Å². The van der Waals surface area contributed by atoms with Gasteiger partial charge in [-0.05, 0) is 55.2 Å². The van der Waals surface area contributed by atoms with Crippen LogP contribution in [0.5, 0.6) is 23.0 Å². The monoisotopic (exact) mass is 370 g/mol. The Labute approximate surface area is 159 Å². The molecule has 3 rings (SSSR count). The molecular formula is C22H26O5. The lowest BCUT2D eigenvalue weighted by molar-refractivity contribution is -0.138. The van der Waals surface area contributed by atoms with E-state index >= 15 is 0 Å². The first-order valence-corrected chi connectivity index (χ1v) is 9.17. The van der Waals surface area contributed by atoms with E-state index in [1.54, 1.807) is 7.11 Å². The Morgan fingerprint density at radius 3 is 2.67 bits per heavy atom. The van der Waals surface area contributed by atoms with Gasteiger partial charge in [-0.1, -0.05) is 13.8 Å². The second-order valence-electron chi connectivity index (χ2n) is 7.33. The number of carboxylic acids is 1. The number of hydrogen-bond acceptors (Lipinski definition) is 4. The Hall–Kier alpha value is -2.69. The zero-order chi connectivity index (χ0) is 19.7. The highest BCUT2D eigenvalue weighted by Crippen LogP contribution is 2.42. The smallest absolute Gasteiger partial charge is 0.307 e. The quantitative estimate of drug-likeness (QED) is 0.775. The second-order valence-corrected chi connectivity index (χ2v) is 7.33. The van der Waals surface area contributed by atoms with Crippen LogP contribution in [0.2, 0.25) is 0 Å². The zero-order valence-electron chi connectivity index (χ0n) is 16.5. The van der Waals surface area contributed by atoms with E-state index in [0.717, 1.165) is 45.3 Å². The van der Waals surface area contributed by atoms with E-state index in [2.05, 4.69) is 13.8 Å². The van der Waals surface area contributed by atoms with Gasteiger partial charge >= 0.3 is 5.97 Å². The van der Waals surface area contributed by atoms with Gasteiger partial charge in [0, 0.05) is 17.5 Å². The number of aliphatic carboxylic acids is 1. The van der Waals surface area contributed by atoms with Gasteiger partial charge in [0.25, 0.3) is 0 Å². The summed E-state index contributed by atoms with van der Waals surface area (Å²) in [6.07, 6.45) is 0.267. The summed E-state index contributed by atoms with van der Waals surface area (Å²) in [5.74, 6) is 2.64. The van der Waals surface area contributed by atoms with Crippen molar-refractivity contribution >= 4 is 5.97 Å². The van der Waals surface area contributed by atoms with Gasteiger partial charge in [-0.3, -0.25) is 4.79 Å². The average Bonchev–Trinajstić information content (AvgIpc) is 3.00. The number of carbonyl (C=O) groups is 1. The minimum absolute atomic E-state index is 0.000410. The standard InChI is InChI=1S/C22H26O5/c1-12(2)17-9-15(6-7-19(17)25-5)27-22-13(3)8-20-18(14(22)4)10-16(26-20)11-21(23)24/h6-9,12,16H,10-11H2,1-5H3,(H,23,24). The molecule has 5 heteroatoms. The third kappa shape index (κ3) is 3.87. The number of rotatable bonds is 6. The Kier molecular flexibility index (Phi) is 5.31. The van der Waals surface area contributed by atoms with Crippen LogP contribution in [0.25, 0.3) is 0 Å². The van der Waals surface area contributed by atoms with Gasteiger partial charge < -0.3 is 19.3 Å². The molecule has 1 N–H and O–H groups in total. The number of methoxy groups -OCH3 is 1. The fraction of sp³-hybridized carbons (Fsp3) is 0.409. The third-order valence-corrected chi connectivity index (χ3v) is 4.97. The topological polar surface area (TPSA) is 65.0 Å². The lowest BCUT2D eigenvalue weighted by atomic mass is 9.99. The van der Waals surface area contributed by atoms with Crippen LogP contribution in [0.3, 0.4) is 0 Å². The number of aryl methyl sites for hydroxylation is 1. The average molecular weight is 370 g/mol. The van der Waals surface area contributed by atoms with Crippen LogP contribution in [0.15, 0.2) is 24.3 Å². The molecule has 2 aromatic carbocycles. The fourth-order valence-electron chi connectivity index (χ4n) is 3.59. The van der Waals surface area contributed by atoms with Crippen LogP contribution >= 0.6 is 0 Å². The summed E-state index contributed by atoms with van der Waals surface area (Å²) in [5, 5.41) is 9.02. The van der Waals surface area contributed by atoms with E-state index in [1.165, 1.54) is 0 Å². The largest absolute Gasteiger partial charge is 0.496 e. The minimum atomic E-state index is -0.849. The van der Waals surface area contributed by atoms with Crippen molar-refractivity contribution < 1.29 is 24.1 Å². The normalized spacial score (nSPS) is 15.4. The van der Waals surface area contributed by atoms with Crippen molar-refractivity contribution in [2.45, 2.75) is 52.6 Å². The van der Waals surface area contributed by atoms with Gasteiger partial charge in [-0.2, -0.15) is 0 Å². The van der Waals surface area contributed by atoms with Crippen molar-refractivity contribution in [1.29, 1.82) is 0 Å². The summed E-state index contributed by atoms with van der Waals surface area (Å²) in [5.41, 5.74) is 4.08. The Morgan fingerprint density at radius 2 is 2.04 bits per heavy atom. The first-order chi connectivity index (χ1) is 12.8. The van der Waals surface area contributed by atoms with Crippen molar-refractivity contribution in [2.24, 2.45) is 0 Å². The van der Waals surface area contributed by atoms with Crippen molar-refractivity contribution in [2.75, 3.05) is 7.11 Å². The molecule has 144 valence electrons. The fourth-order valence-corrected chi connectivity index (χ4v) is 3.59. The van der Waals surface area contributed by atoms with Crippen molar-refractivity contribution in [3.63, 3.8) is 0 Å². The summed E-state index contributed by atoms with van der Waals surface area (Å²) in [6, 6.07) is 7.78. The molecule has 0 saturated carbocycles. The van der Waals surface area contributed by atoms with E-state index in [4.69, 9.17) is 19.3 Å². The summed E-state index contributed by atoms with van der Waals surface area (Å²) in [6.45, 7) is 8.21. The lowest BCUT2D eigenvalue weighted by Gasteiger charge is -2.17. The summed E-state index contributed by atoms with van der Waals surface area (Å²) < 4.78 is 17.5. The third-order valence-electron chi connectivity index (χ3n) is 4.97. The van der Waals surface area contributed by atoms with E-state index in [9.17, 15) is 4.79 Å². The highest BCUT2D eigenvalue weighted by molar-refractivity contribution is 5.68. The molecule has 0 saturated heterocycles. The maximum absolute atomic E-state index is 11.0. The number of fused-ring (bicyclic) bond motifs is 1. The predicted octanol–water partition coefficient (Wildman–Crippen LogP) is 5.01. The second kappa shape index (κ2) is 7.51. The minimum Gasteiger partial charge on any atom is -0.496 e. The molecule has 0 spiro atoms. The first-order valence-electron chi connectivity index (χ1n) is 9.17. The van der Waals surface area contributed by atoms with Gasteiger partial charge in [0.1, 0.15) is 29.1 Å². The van der Waals surface area contributed by atoms with Gasteiger partial charge in [-0.15, -0.1) is 0 Å². The summed E-state index contributed by atoms with van der Waals surface area (Å²) >= 11 is 0. The van der Waals surface area contributed by atoms with Crippen molar-refractivity contribution in [3.05, 3.63) is 46.5 Å². The first kappa shape index (κ1) is 19.1. The molecule has 0 amide bonds. The molecule has 0 aliphatic carbocycles. The predicted molar refractivity (Wildman–Crippen MR) is 103 cm³/mol. The van der Waals surface area contributed by atoms with Crippen LogP contribution in [-0.2, 0) is 11.2 Å². The molecule has 5 nitrogen and oxygen atoms in total. The van der Waals surface area contributed by atoms with E-state index in [-0.39, 0.29) is 12.5 Å². The number of ether oxygens (including phenoxy) is 3. The highest BCUT2D eigenvalue weighted by Gasteiger charge is 2.29. The van der Waals surface area contributed by atoms with E-state index < -0.39 is 5.97 Å². The SMILES string of the molecule is COc1ccc(Oc2c(C)cc3c(c2C)CC(CC(=O)O)O3)cc1C(C)C. The highest BCUT2D eigenvalue weighted by atomic mass is 16.5. The molecule has 1 unspecified atom stereocenters. The van der Waals surface area contributed by atoms with Crippen molar-refractivity contribution in [3.8, 4) is 23.0 Å². The molecule has 1 heterocycles. The zero-order valence-corrected chi connectivity index (χ0v) is 16.5. The van der Waals surface area contributed by atoms with Crippen LogP contribution < -0.4 is 14.2 Å². The number of benzene rings is 2. The molecule has 1 aliphatic heterocycles. The van der Waals surface area contributed by atoms with Crippen LogP contribution in [0, 0.1) is 13.8 Å². The molecule has 1 aliphatic rings. The molecule has 1 atom stereocenters. The molecule has 0 bridgehead atoms. The molecule has 2 aromatic rings. The lowest BCUT2D eigenvalue weighted by Crippen LogP contribution is -2.17. The van der Waals surface area contributed by atoms with Crippen LogP contribution in [0.1, 0.15) is 48.4 Å². The molecule has 0 aromatic heterocycles. The Balaban J connectivity index is 1.91. The molecular weight excluding hydrogens is 344 g/mol. The van der Waals surface area contributed by atoms with Gasteiger partial charge in [0.2, 0.25) is 0 Å². The number of hydrogen-bond donors (Lipinski definition) is 1. The van der Waals surface area contributed by atoms with Gasteiger partial charge in [0.05, 0.1) is 13.5 Å². The Bertz CT molecular complexity index is 869.